The Bertz CT molecular complexity index is 214. The van der Waals surface area contributed by atoms with Crippen LogP contribution in [0.4, 0.5) is 0 Å². The van der Waals surface area contributed by atoms with E-state index in [1.54, 1.807) is 0 Å². The van der Waals surface area contributed by atoms with Gasteiger partial charge in [0.15, 0.2) is 0 Å². The third kappa shape index (κ3) is 4.33. The van der Waals surface area contributed by atoms with Gasteiger partial charge in [0.25, 0.3) is 0 Å². The predicted octanol–water partition coefficient (Wildman–Crippen LogP) is 3.72. The monoisotopic (exact) mass is 273 g/mol. The SMILES string of the molecule is CCO[Si](NC1CCCCC1)(OCC)C(C)CC. The van der Waals surface area contributed by atoms with Gasteiger partial charge in [-0.25, -0.2) is 0 Å². The van der Waals surface area contributed by atoms with Crippen LogP contribution in [0.3, 0.4) is 0 Å². The van der Waals surface area contributed by atoms with Crippen LogP contribution in [0.15, 0.2) is 0 Å². The topological polar surface area (TPSA) is 30.5 Å². The molecule has 0 aromatic carbocycles. The lowest BCUT2D eigenvalue weighted by atomic mass is 9.96. The van der Waals surface area contributed by atoms with Gasteiger partial charge in [0.2, 0.25) is 0 Å². The number of hydrogen-bond donors (Lipinski definition) is 1. The van der Waals surface area contributed by atoms with E-state index >= 15 is 0 Å². The minimum atomic E-state index is -2.24. The molecule has 1 fully saturated rings. The molecule has 0 saturated heterocycles. The Morgan fingerprint density at radius 3 is 2.06 bits per heavy atom. The van der Waals surface area contributed by atoms with Crippen LogP contribution < -0.4 is 4.98 Å². The molecule has 1 atom stereocenters. The van der Waals surface area contributed by atoms with E-state index < -0.39 is 8.72 Å². The van der Waals surface area contributed by atoms with E-state index in [0.29, 0.717) is 11.6 Å². The molecule has 1 aliphatic carbocycles. The minimum absolute atomic E-state index is 0.499. The molecule has 0 spiro atoms. The minimum Gasteiger partial charge on any atom is -0.383 e. The van der Waals surface area contributed by atoms with Crippen molar-refractivity contribution in [3.8, 4) is 0 Å². The molecule has 0 aromatic rings. The van der Waals surface area contributed by atoms with Gasteiger partial charge in [-0.05, 0) is 26.7 Å². The van der Waals surface area contributed by atoms with E-state index in [1.807, 2.05) is 0 Å². The molecule has 0 aliphatic heterocycles. The molecule has 18 heavy (non-hydrogen) atoms. The maximum Gasteiger partial charge on any atom is 0.428 e. The van der Waals surface area contributed by atoms with E-state index in [0.717, 1.165) is 19.6 Å². The molecule has 1 saturated carbocycles. The lowest BCUT2D eigenvalue weighted by Gasteiger charge is -2.39. The van der Waals surface area contributed by atoms with Crippen molar-refractivity contribution in [1.29, 1.82) is 0 Å². The van der Waals surface area contributed by atoms with Crippen molar-refractivity contribution < 1.29 is 8.85 Å². The fraction of sp³-hybridized carbons (Fsp3) is 1.00. The van der Waals surface area contributed by atoms with Gasteiger partial charge in [0.1, 0.15) is 0 Å². The van der Waals surface area contributed by atoms with Gasteiger partial charge in [-0.15, -0.1) is 0 Å². The number of rotatable bonds is 8. The maximum atomic E-state index is 6.13. The summed E-state index contributed by atoms with van der Waals surface area (Å²) in [6.45, 7) is 10.1. The fourth-order valence-corrected chi connectivity index (χ4v) is 6.14. The van der Waals surface area contributed by atoms with Crippen LogP contribution in [-0.4, -0.2) is 28.0 Å². The van der Waals surface area contributed by atoms with E-state index in [-0.39, 0.29) is 0 Å². The van der Waals surface area contributed by atoms with E-state index in [4.69, 9.17) is 8.85 Å². The van der Waals surface area contributed by atoms with Crippen molar-refractivity contribution in [3.63, 3.8) is 0 Å². The molecular weight excluding hydrogens is 242 g/mol. The lowest BCUT2D eigenvalue weighted by Crippen LogP contribution is -2.62. The first-order valence-electron chi connectivity index (χ1n) is 7.74. The van der Waals surface area contributed by atoms with E-state index in [1.165, 1.54) is 32.1 Å². The zero-order valence-corrected chi connectivity index (χ0v) is 13.6. The summed E-state index contributed by atoms with van der Waals surface area (Å²) in [4.78, 5) is 3.82. The first kappa shape index (κ1) is 16.2. The highest BCUT2D eigenvalue weighted by Gasteiger charge is 2.45. The molecule has 0 bridgehead atoms. The van der Waals surface area contributed by atoms with Crippen LogP contribution in [0.5, 0.6) is 0 Å². The molecule has 0 aromatic heterocycles. The van der Waals surface area contributed by atoms with Crippen molar-refractivity contribution in [2.45, 2.75) is 77.8 Å². The normalized spacial score (nSPS) is 20.0. The highest BCUT2D eigenvalue weighted by Crippen LogP contribution is 2.28. The predicted molar refractivity (Wildman–Crippen MR) is 78.7 cm³/mol. The highest BCUT2D eigenvalue weighted by atomic mass is 28.4. The molecule has 4 heteroatoms. The number of nitrogens with one attached hydrogen (secondary N) is 1. The Balaban J connectivity index is 2.71. The van der Waals surface area contributed by atoms with Crippen molar-refractivity contribution >= 4 is 8.72 Å². The molecule has 1 rings (SSSR count). The van der Waals surface area contributed by atoms with Crippen LogP contribution in [0.25, 0.3) is 0 Å². The summed E-state index contributed by atoms with van der Waals surface area (Å²) in [5, 5.41) is 0. The van der Waals surface area contributed by atoms with E-state index in [2.05, 4.69) is 32.7 Å². The average Bonchev–Trinajstić information content (AvgIpc) is 2.39. The Morgan fingerprint density at radius 1 is 1.06 bits per heavy atom. The van der Waals surface area contributed by atoms with Crippen molar-refractivity contribution in [2.24, 2.45) is 0 Å². The van der Waals surface area contributed by atoms with Crippen molar-refractivity contribution in [2.75, 3.05) is 13.2 Å². The van der Waals surface area contributed by atoms with Crippen LogP contribution >= 0.6 is 0 Å². The second-order valence-electron chi connectivity index (χ2n) is 5.32. The Labute approximate surface area is 114 Å². The van der Waals surface area contributed by atoms with Crippen LogP contribution in [-0.2, 0) is 8.85 Å². The standard InChI is InChI=1S/C14H31NO2Si/c1-5-13(4)18(16-6-2,17-7-3)15-14-11-9-8-10-12-14/h13-15H,5-12H2,1-4H3. The molecule has 3 nitrogen and oxygen atoms in total. The second-order valence-corrected chi connectivity index (χ2v) is 8.51. The van der Waals surface area contributed by atoms with Gasteiger partial charge in [-0.3, -0.25) is 4.98 Å². The van der Waals surface area contributed by atoms with Gasteiger partial charge in [0.05, 0.1) is 0 Å². The maximum absolute atomic E-state index is 6.13. The van der Waals surface area contributed by atoms with Crippen LogP contribution in [0.1, 0.15) is 66.2 Å². The first-order valence-corrected chi connectivity index (χ1v) is 9.63. The summed E-state index contributed by atoms with van der Waals surface area (Å²) in [5.41, 5.74) is 0.499. The first-order chi connectivity index (χ1) is 8.68. The summed E-state index contributed by atoms with van der Waals surface area (Å²) in [7, 11) is -2.24. The Kier molecular flexibility index (Phi) is 7.45. The summed E-state index contributed by atoms with van der Waals surface area (Å²) < 4.78 is 12.3. The Hall–Kier alpha value is 0.0969. The van der Waals surface area contributed by atoms with Crippen LogP contribution in [0.2, 0.25) is 5.54 Å². The summed E-state index contributed by atoms with van der Waals surface area (Å²) in [5.74, 6) is 0. The van der Waals surface area contributed by atoms with Crippen molar-refractivity contribution in [3.05, 3.63) is 0 Å². The van der Waals surface area contributed by atoms with E-state index in [9.17, 15) is 0 Å². The van der Waals surface area contributed by atoms with Gasteiger partial charge in [-0.1, -0.05) is 39.5 Å². The quantitative estimate of drug-likeness (QED) is 0.684. The van der Waals surface area contributed by atoms with Gasteiger partial charge in [-0.2, -0.15) is 0 Å². The fourth-order valence-electron chi connectivity index (χ4n) is 2.78. The molecule has 108 valence electrons. The third-order valence-electron chi connectivity index (χ3n) is 3.99. The molecular formula is C14H31NO2Si. The highest BCUT2D eigenvalue weighted by molar-refractivity contribution is 6.66. The van der Waals surface area contributed by atoms with Gasteiger partial charge in [0, 0.05) is 24.8 Å². The smallest absolute Gasteiger partial charge is 0.383 e. The van der Waals surface area contributed by atoms with Crippen molar-refractivity contribution in [1.82, 2.24) is 4.98 Å². The Morgan fingerprint density at radius 2 is 1.61 bits per heavy atom. The summed E-state index contributed by atoms with van der Waals surface area (Å²) >= 11 is 0. The molecule has 1 aliphatic rings. The second kappa shape index (κ2) is 8.30. The largest absolute Gasteiger partial charge is 0.428 e. The lowest BCUT2D eigenvalue weighted by molar-refractivity contribution is 0.152. The number of hydrogen-bond acceptors (Lipinski definition) is 3. The molecule has 1 N–H and O–H groups in total. The molecule has 0 radical (unpaired) electrons. The third-order valence-corrected chi connectivity index (χ3v) is 7.94. The average molecular weight is 273 g/mol. The molecule has 0 amide bonds. The summed E-state index contributed by atoms with van der Waals surface area (Å²) in [6, 6.07) is 0.609. The van der Waals surface area contributed by atoms with Gasteiger partial charge >= 0.3 is 8.72 Å². The van der Waals surface area contributed by atoms with Crippen LogP contribution in [0, 0.1) is 0 Å². The zero-order valence-electron chi connectivity index (χ0n) is 12.6. The molecule has 0 heterocycles. The summed E-state index contributed by atoms with van der Waals surface area (Å²) in [6.07, 6.45) is 7.77. The van der Waals surface area contributed by atoms with Gasteiger partial charge < -0.3 is 8.85 Å². The molecule has 1 unspecified atom stereocenters. The zero-order chi connectivity index (χ0) is 13.4.